The Labute approximate surface area is 123 Å². The minimum absolute atomic E-state index is 0.00709. The van der Waals surface area contributed by atoms with E-state index in [0.717, 1.165) is 6.07 Å². The molecule has 0 spiro atoms. The number of ketones is 1. The topological polar surface area (TPSA) is 115 Å². The Balaban J connectivity index is 2.05. The fourth-order valence-corrected chi connectivity index (χ4v) is 2.32. The maximum absolute atomic E-state index is 11.8. The van der Waals surface area contributed by atoms with Crippen LogP contribution in [0.3, 0.4) is 0 Å². The van der Waals surface area contributed by atoms with E-state index in [4.69, 9.17) is 5.73 Å². The number of benzene rings is 1. The lowest BCUT2D eigenvalue weighted by Crippen LogP contribution is -2.16. The van der Waals surface area contributed by atoms with Crippen molar-refractivity contribution in [2.24, 2.45) is 0 Å². The Morgan fingerprint density at radius 1 is 1.33 bits per heavy atom. The van der Waals surface area contributed by atoms with Crippen molar-refractivity contribution in [2.75, 3.05) is 11.1 Å². The van der Waals surface area contributed by atoms with Crippen LogP contribution in [0.25, 0.3) is 0 Å². The first-order chi connectivity index (χ1) is 9.97. The number of carbonyl (C=O) groups excluding carboxylic acids is 2. The quantitative estimate of drug-likeness (QED) is 0.289. The molecule has 21 heavy (non-hydrogen) atoms. The van der Waals surface area contributed by atoms with Crippen molar-refractivity contribution in [3.05, 3.63) is 50.7 Å². The molecule has 3 N–H and O–H groups in total. The van der Waals surface area contributed by atoms with Crippen molar-refractivity contribution in [1.82, 2.24) is 0 Å². The molecule has 7 nitrogen and oxygen atoms in total. The van der Waals surface area contributed by atoms with Gasteiger partial charge in [-0.15, -0.1) is 11.3 Å². The van der Waals surface area contributed by atoms with E-state index >= 15 is 0 Å². The normalized spacial score (nSPS) is 10.1. The van der Waals surface area contributed by atoms with Crippen LogP contribution in [0.15, 0.2) is 35.7 Å². The predicted molar refractivity (Wildman–Crippen MR) is 79.4 cm³/mol. The summed E-state index contributed by atoms with van der Waals surface area (Å²) in [7, 11) is 0. The van der Waals surface area contributed by atoms with Crippen LogP contribution >= 0.6 is 11.3 Å². The van der Waals surface area contributed by atoms with Crippen LogP contribution in [-0.4, -0.2) is 16.6 Å². The molecule has 8 heteroatoms. The van der Waals surface area contributed by atoms with Gasteiger partial charge in [-0.05, 0) is 23.6 Å². The van der Waals surface area contributed by atoms with Crippen LogP contribution in [0.5, 0.6) is 0 Å². The summed E-state index contributed by atoms with van der Waals surface area (Å²) in [6, 6.07) is 7.28. The number of nitro benzene ring substituents is 1. The van der Waals surface area contributed by atoms with Crippen molar-refractivity contribution in [1.29, 1.82) is 0 Å². The van der Waals surface area contributed by atoms with Crippen LogP contribution in [0.4, 0.5) is 17.1 Å². The van der Waals surface area contributed by atoms with Crippen LogP contribution in [0, 0.1) is 10.1 Å². The van der Waals surface area contributed by atoms with Gasteiger partial charge in [-0.2, -0.15) is 0 Å². The number of Topliss-reactive ketones (excluding diaryl/α,β-unsaturated/α-hetero) is 1. The molecule has 0 atom stereocenters. The number of carbonyl (C=O) groups is 2. The molecule has 1 aromatic heterocycles. The molecule has 1 aromatic carbocycles. The summed E-state index contributed by atoms with van der Waals surface area (Å²) in [5.41, 5.74) is 5.39. The molecule has 0 bridgehead atoms. The number of nitrogen functional groups attached to an aromatic ring is 1. The van der Waals surface area contributed by atoms with Gasteiger partial charge in [0.15, 0.2) is 5.78 Å². The van der Waals surface area contributed by atoms with Gasteiger partial charge >= 0.3 is 0 Å². The van der Waals surface area contributed by atoms with Gasteiger partial charge in [-0.1, -0.05) is 6.07 Å². The Kier molecular flexibility index (Phi) is 4.29. The number of hydrogen-bond donors (Lipinski definition) is 2. The number of nitrogens with two attached hydrogens (primary N) is 1. The molecule has 0 aliphatic rings. The second-order valence-corrected chi connectivity index (χ2v) is 5.10. The fraction of sp³-hybridized carbons (Fsp3) is 0.0769. The average Bonchev–Trinajstić information content (AvgIpc) is 2.94. The van der Waals surface area contributed by atoms with Gasteiger partial charge in [0.2, 0.25) is 5.91 Å². The first-order valence-corrected chi connectivity index (χ1v) is 6.76. The molecule has 0 radical (unpaired) electrons. The summed E-state index contributed by atoms with van der Waals surface area (Å²) in [5, 5.41) is 14.9. The first kappa shape index (κ1) is 14.7. The van der Waals surface area contributed by atoms with Gasteiger partial charge in [-0.3, -0.25) is 19.7 Å². The molecule has 0 saturated heterocycles. The Morgan fingerprint density at radius 2 is 2.10 bits per heavy atom. The molecule has 0 fully saturated rings. The third kappa shape index (κ3) is 3.63. The van der Waals surface area contributed by atoms with E-state index in [1.165, 1.54) is 23.5 Å². The lowest BCUT2D eigenvalue weighted by molar-refractivity contribution is -0.383. The molecule has 2 aromatic rings. The summed E-state index contributed by atoms with van der Waals surface area (Å²) in [6.07, 6.45) is -0.321. The van der Waals surface area contributed by atoms with E-state index in [9.17, 15) is 19.7 Å². The number of amides is 1. The summed E-state index contributed by atoms with van der Waals surface area (Å²) in [4.78, 5) is 34.1. The molecule has 0 aliphatic heterocycles. The smallest absolute Gasteiger partial charge is 0.294 e. The molecule has 2 rings (SSSR count). The molecular weight excluding hydrogens is 294 g/mol. The van der Waals surface area contributed by atoms with Crippen molar-refractivity contribution in [2.45, 2.75) is 6.42 Å². The van der Waals surface area contributed by atoms with Crippen molar-refractivity contribution < 1.29 is 14.5 Å². The lowest BCUT2D eigenvalue weighted by Gasteiger charge is -2.05. The van der Waals surface area contributed by atoms with Crippen LogP contribution < -0.4 is 11.1 Å². The number of nitrogens with one attached hydrogen (secondary N) is 1. The van der Waals surface area contributed by atoms with Crippen molar-refractivity contribution >= 4 is 40.1 Å². The van der Waals surface area contributed by atoms with Crippen LogP contribution in [0.1, 0.15) is 16.1 Å². The van der Waals surface area contributed by atoms with E-state index < -0.39 is 10.8 Å². The maximum atomic E-state index is 11.8. The zero-order chi connectivity index (χ0) is 15.4. The molecule has 0 unspecified atom stereocenters. The molecule has 1 heterocycles. The summed E-state index contributed by atoms with van der Waals surface area (Å²) >= 11 is 1.25. The molecule has 108 valence electrons. The minimum atomic E-state index is -0.637. The standard InChI is InChI=1S/C13H11N3O4S/c14-9-4-3-8(6-10(9)16(19)20)15-13(18)7-11(17)12-2-1-5-21-12/h1-6H,7,14H2,(H,15,18). The Morgan fingerprint density at radius 3 is 2.71 bits per heavy atom. The van der Waals surface area contributed by atoms with E-state index in [1.807, 2.05) is 0 Å². The summed E-state index contributed by atoms with van der Waals surface area (Å²) in [5.74, 6) is -0.833. The zero-order valence-corrected chi connectivity index (χ0v) is 11.6. The largest absolute Gasteiger partial charge is 0.393 e. The summed E-state index contributed by atoms with van der Waals surface area (Å²) in [6.45, 7) is 0. The molecule has 0 saturated carbocycles. The second-order valence-electron chi connectivity index (χ2n) is 4.16. The summed E-state index contributed by atoms with van der Waals surface area (Å²) < 4.78 is 0. The third-order valence-electron chi connectivity index (χ3n) is 2.63. The number of rotatable bonds is 5. The van der Waals surface area contributed by atoms with Crippen molar-refractivity contribution in [3.63, 3.8) is 0 Å². The Bertz CT molecular complexity index is 697. The lowest BCUT2D eigenvalue weighted by atomic mass is 10.2. The first-order valence-electron chi connectivity index (χ1n) is 5.88. The van der Waals surface area contributed by atoms with E-state index in [-0.39, 0.29) is 29.3 Å². The van der Waals surface area contributed by atoms with Gasteiger partial charge < -0.3 is 11.1 Å². The fourth-order valence-electron chi connectivity index (χ4n) is 1.65. The SMILES string of the molecule is Nc1ccc(NC(=O)CC(=O)c2cccs2)cc1[N+](=O)[O-]. The Hall–Kier alpha value is -2.74. The van der Waals surface area contributed by atoms with Gasteiger partial charge in [0.05, 0.1) is 16.2 Å². The van der Waals surface area contributed by atoms with E-state index in [1.54, 1.807) is 17.5 Å². The van der Waals surface area contributed by atoms with Gasteiger partial charge in [0.25, 0.3) is 5.69 Å². The van der Waals surface area contributed by atoms with E-state index in [2.05, 4.69) is 5.32 Å². The number of anilines is 2. The highest BCUT2D eigenvalue weighted by Gasteiger charge is 2.15. The molecular formula is C13H11N3O4S. The van der Waals surface area contributed by atoms with Gasteiger partial charge in [0.1, 0.15) is 5.69 Å². The second kappa shape index (κ2) is 6.14. The predicted octanol–water partition coefficient (Wildman–Crippen LogP) is 2.45. The number of thiophene rings is 1. The van der Waals surface area contributed by atoms with Crippen LogP contribution in [-0.2, 0) is 4.79 Å². The van der Waals surface area contributed by atoms with Gasteiger partial charge in [0, 0.05) is 11.8 Å². The minimum Gasteiger partial charge on any atom is -0.393 e. The van der Waals surface area contributed by atoms with Gasteiger partial charge in [-0.25, -0.2) is 0 Å². The molecule has 1 amide bonds. The number of nitrogens with zero attached hydrogens (tertiary/aromatic N) is 1. The van der Waals surface area contributed by atoms with Crippen LogP contribution in [0.2, 0.25) is 0 Å². The maximum Gasteiger partial charge on any atom is 0.294 e. The van der Waals surface area contributed by atoms with Crippen molar-refractivity contribution in [3.8, 4) is 0 Å². The highest BCUT2D eigenvalue weighted by Crippen LogP contribution is 2.25. The number of nitro groups is 1. The third-order valence-corrected chi connectivity index (χ3v) is 3.54. The zero-order valence-electron chi connectivity index (χ0n) is 10.7. The average molecular weight is 305 g/mol. The molecule has 0 aliphatic carbocycles. The highest BCUT2D eigenvalue weighted by atomic mass is 32.1. The van der Waals surface area contributed by atoms with E-state index in [0.29, 0.717) is 4.88 Å². The monoisotopic (exact) mass is 305 g/mol. The number of hydrogen-bond acceptors (Lipinski definition) is 6. The highest BCUT2D eigenvalue weighted by molar-refractivity contribution is 7.12.